The summed E-state index contributed by atoms with van der Waals surface area (Å²) in [6.45, 7) is 6.03. The van der Waals surface area contributed by atoms with Crippen LogP contribution in [-0.2, 0) is 16.0 Å². The van der Waals surface area contributed by atoms with Gasteiger partial charge in [0, 0.05) is 23.3 Å². The number of carbonyl (C=O) groups excluding carboxylic acids is 2. The van der Waals surface area contributed by atoms with Crippen LogP contribution in [0.25, 0.3) is 5.65 Å². The first-order valence-electron chi connectivity index (χ1n) is 8.49. The number of benzene rings is 1. The van der Waals surface area contributed by atoms with Crippen LogP contribution in [0.3, 0.4) is 0 Å². The van der Waals surface area contributed by atoms with Crippen LogP contribution in [0.15, 0.2) is 42.6 Å². The molecule has 6 nitrogen and oxygen atoms in total. The van der Waals surface area contributed by atoms with Gasteiger partial charge in [-0.15, -0.1) is 0 Å². The minimum atomic E-state index is -0.263. The summed E-state index contributed by atoms with van der Waals surface area (Å²) in [5.74, 6) is -0.482. The highest BCUT2D eigenvalue weighted by molar-refractivity contribution is 6.08. The van der Waals surface area contributed by atoms with Gasteiger partial charge in [-0.05, 0) is 50.6 Å². The number of anilines is 1. The first-order valence-corrected chi connectivity index (χ1v) is 8.49. The van der Waals surface area contributed by atoms with Crippen molar-refractivity contribution >= 4 is 23.2 Å². The molecule has 3 aromatic rings. The zero-order valence-electron chi connectivity index (χ0n) is 15.1. The summed E-state index contributed by atoms with van der Waals surface area (Å²) in [5, 5.41) is 2.87. The Morgan fingerprint density at radius 2 is 1.88 bits per heavy atom. The Bertz CT molecular complexity index is 958. The molecule has 1 N–H and O–H groups in total. The van der Waals surface area contributed by atoms with Crippen molar-refractivity contribution in [3.05, 3.63) is 65.1 Å². The number of ether oxygens (including phenoxy) is 1. The second kappa shape index (κ2) is 7.39. The third-order valence-corrected chi connectivity index (χ3v) is 4.05. The molecule has 26 heavy (non-hydrogen) atoms. The van der Waals surface area contributed by atoms with Crippen molar-refractivity contribution in [3.63, 3.8) is 0 Å². The number of rotatable bonds is 5. The highest BCUT2D eigenvalue weighted by Gasteiger charge is 2.14. The number of aromatic nitrogens is 2. The van der Waals surface area contributed by atoms with E-state index in [9.17, 15) is 9.59 Å². The maximum absolute atomic E-state index is 12.6. The molecule has 0 aliphatic rings. The minimum absolute atomic E-state index is 0.217. The lowest BCUT2D eigenvalue weighted by Gasteiger charge is -2.07. The number of nitrogens with one attached hydrogen (secondary N) is 1. The molecule has 0 saturated heterocycles. The average molecular weight is 351 g/mol. The molecule has 0 spiro atoms. The SMILES string of the molecule is CCOC(=O)Cc1ccc(NC(=O)c2ccn3c(C)cc(C)nc23)cc1. The molecule has 134 valence electrons. The van der Waals surface area contributed by atoms with Gasteiger partial charge in [0.25, 0.3) is 5.91 Å². The van der Waals surface area contributed by atoms with E-state index in [-0.39, 0.29) is 18.3 Å². The predicted octanol–water partition coefficient (Wildman–Crippen LogP) is 3.31. The van der Waals surface area contributed by atoms with E-state index in [1.807, 2.05) is 30.5 Å². The van der Waals surface area contributed by atoms with Gasteiger partial charge >= 0.3 is 5.97 Å². The van der Waals surface area contributed by atoms with Crippen LogP contribution < -0.4 is 5.32 Å². The van der Waals surface area contributed by atoms with E-state index in [1.54, 1.807) is 37.3 Å². The quantitative estimate of drug-likeness (QED) is 0.716. The largest absolute Gasteiger partial charge is 0.466 e. The molecule has 0 radical (unpaired) electrons. The summed E-state index contributed by atoms with van der Waals surface area (Å²) < 4.78 is 6.82. The maximum Gasteiger partial charge on any atom is 0.310 e. The van der Waals surface area contributed by atoms with Crippen molar-refractivity contribution in [1.82, 2.24) is 9.38 Å². The molecule has 0 bridgehead atoms. The maximum atomic E-state index is 12.6. The number of amides is 1. The van der Waals surface area contributed by atoms with Crippen molar-refractivity contribution in [2.75, 3.05) is 11.9 Å². The monoisotopic (exact) mass is 351 g/mol. The van der Waals surface area contributed by atoms with E-state index in [0.717, 1.165) is 17.0 Å². The average Bonchev–Trinajstić information content (AvgIpc) is 3.01. The second-order valence-corrected chi connectivity index (χ2v) is 6.09. The summed E-state index contributed by atoms with van der Waals surface area (Å²) in [4.78, 5) is 28.6. The smallest absolute Gasteiger partial charge is 0.310 e. The lowest BCUT2D eigenvalue weighted by molar-refractivity contribution is -0.142. The fourth-order valence-corrected chi connectivity index (χ4v) is 2.85. The van der Waals surface area contributed by atoms with Crippen LogP contribution in [-0.4, -0.2) is 27.9 Å². The molecule has 0 saturated carbocycles. The van der Waals surface area contributed by atoms with Crippen molar-refractivity contribution in [1.29, 1.82) is 0 Å². The molecule has 2 heterocycles. The van der Waals surface area contributed by atoms with Crippen molar-refractivity contribution < 1.29 is 14.3 Å². The van der Waals surface area contributed by atoms with E-state index in [0.29, 0.717) is 23.5 Å². The fourth-order valence-electron chi connectivity index (χ4n) is 2.85. The Labute approximate surface area is 151 Å². The van der Waals surface area contributed by atoms with E-state index >= 15 is 0 Å². The lowest BCUT2D eigenvalue weighted by atomic mass is 10.1. The Hall–Kier alpha value is -3.15. The van der Waals surface area contributed by atoms with Crippen molar-refractivity contribution in [2.24, 2.45) is 0 Å². The van der Waals surface area contributed by atoms with Gasteiger partial charge in [0.15, 0.2) is 0 Å². The molecule has 0 fully saturated rings. The molecule has 2 aromatic heterocycles. The van der Waals surface area contributed by atoms with Crippen LogP contribution in [0.1, 0.15) is 34.2 Å². The first kappa shape index (κ1) is 17.7. The number of aryl methyl sites for hydroxylation is 2. The van der Waals surface area contributed by atoms with E-state index in [4.69, 9.17) is 4.74 Å². The normalized spacial score (nSPS) is 10.7. The molecule has 3 rings (SSSR count). The topological polar surface area (TPSA) is 72.7 Å². The Morgan fingerprint density at radius 1 is 1.15 bits per heavy atom. The van der Waals surface area contributed by atoms with Crippen LogP contribution in [0.5, 0.6) is 0 Å². The number of esters is 1. The van der Waals surface area contributed by atoms with Crippen LogP contribution in [0.2, 0.25) is 0 Å². The number of hydrogen-bond donors (Lipinski definition) is 1. The summed E-state index contributed by atoms with van der Waals surface area (Å²) in [6.07, 6.45) is 2.06. The number of hydrogen-bond acceptors (Lipinski definition) is 4. The standard InChI is InChI=1S/C20H21N3O3/c1-4-26-18(24)12-15-5-7-16(8-6-15)22-20(25)17-9-10-23-14(3)11-13(2)21-19(17)23/h5-11H,4,12H2,1-3H3,(H,22,25). The van der Waals surface area contributed by atoms with Gasteiger partial charge in [-0.3, -0.25) is 9.59 Å². The molecule has 0 atom stereocenters. The minimum Gasteiger partial charge on any atom is -0.466 e. The van der Waals surface area contributed by atoms with E-state index < -0.39 is 0 Å². The number of fused-ring (bicyclic) bond motifs is 1. The third-order valence-electron chi connectivity index (χ3n) is 4.05. The molecule has 6 heteroatoms. The Balaban J connectivity index is 1.75. The van der Waals surface area contributed by atoms with Crippen LogP contribution >= 0.6 is 0 Å². The Kier molecular flexibility index (Phi) is 5.02. The lowest BCUT2D eigenvalue weighted by Crippen LogP contribution is -2.12. The molecule has 1 amide bonds. The molecular formula is C20H21N3O3. The summed E-state index contributed by atoms with van der Waals surface area (Å²) in [6, 6.07) is 10.9. The van der Waals surface area contributed by atoms with Gasteiger partial charge in [-0.1, -0.05) is 12.1 Å². The molecule has 0 aliphatic heterocycles. The van der Waals surface area contributed by atoms with Crippen molar-refractivity contribution in [3.8, 4) is 0 Å². The summed E-state index contributed by atoms with van der Waals surface area (Å²) in [7, 11) is 0. The van der Waals surface area contributed by atoms with Crippen molar-refractivity contribution in [2.45, 2.75) is 27.2 Å². The third kappa shape index (κ3) is 3.74. The van der Waals surface area contributed by atoms with Crippen LogP contribution in [0.4, 0.5) is 5.69 Å². The second-order valence-electron chi connectivity index (χ2n) is 6.09. The summed E-state index contributed by atoms with van der Waals surface area (Å²) in [5.41, 5.74) is 4.54. The molecular weight excluding hydrogens is 330 g/mol. The van der Waals surface area contributed by atoms with Gasteiger partial charge in [0.05, 0.1) is 18.6 Å². The zero-order valence-corrected chi connectivity index (χ0v) is 15.1. The van der Waals surface area contributed by atoms with Gasteiger partial charge in [-0.2, -0.15) is 0 Å². The molecule has 1 aromatic carbocycles. The predicted molar refractivity (Wildman–Crippen MR) is 99.4 cm³/mol. The fraction of sp³-hybridized carbons (Fsp3) is 0.250. The number of carbonyl (C=O) groups is 2. The highest BCUT2D eigenvalue weighted by Crippen LogP contribution is 2.17. The van der Waals surface area contributed by atoms with E-state index in [2.05, 4.69) is 10.3 Å². The number of nitrogens with zero attached hydrogens (tertiary/aromatic N) is 2. The highest BCUT2D eigenvalue weighted by atomic mass is 16.5. The first-order chi connectivity index (χ1) is 12.5. The Morgan fingerprint density at radius 3 is 2.58 bits per heavy atom. The van der Waals surface area contributed by atoms with Crippen LogP contribution in [0, 0.1) is 13.8 Å². The van der Waals surface area contributed by atoms with Gasteiger partial charge in [0.2, 0.25) is 0 Å². The van der Waals surface area contributed by atoms with E-state index in [1.165, 1.54) is 0 Å². The van der Waals surface area contributed by atoms with Gasteiger partial charge in [-0.25, -0.2) is 4.98 Å². The zero-order chi connectivity index (χ0) is 18.7. The summed E-state index contributed by atoms with van der Waals surface area (Å²) >= 11 is 0. The van der Waals surface area contributed by atoms with Gasteiger partial charge in [0.1, 0.15) is 5.65 Å². The molecule has 0 aliphatic carbocycles. The molecule has 0 unspecified atom stereocenters. The van der Waals surface area contributed by atoms with Gasteiger partial charge < -0.3 is 14.5 Å².